The van der Waals surface area contributed by atoms with Crippen molar-refractivity contribution in [2.24, 2.45) is 0 Å². The van der Waals surface area contributed by atoms with E-state index in [0.29, 0.717) is 0 Å². The van der Waals surface area contributed by atoms with E-state index in [4.69, 9.17) is 9.84 Å². The van der Waals surface area contributed by atoms with Gasteiger partial charge in [-0.15, -0.1) is 0 Å². The van der Waals surface area contributed by atoms with E-state index in [0.717, 1.165) is 11.6 Å². The highest BCUT2D eigenvalue weighted by atomic mass is 16.6. The maximum atomic E-state index is 11.8. The number of aliphatic carboxylic acids is 1. The number of aliphatic hydroxyl groups is 3. The number of esters is 1. The summed E-state index contributed by atoms with van der Waals surface area (Å²) >= 11 is 0. The Morgan fingerprint density at radius 1 is 1.13 bits per heavy atom. The highest BCUT2D eigenvalue weighted by molar-refractivity contribution is 5.87. The third-order valence-electron chi connectivity index (χ3n) is 3.71. The van der Waals surface area contributed by atoms with Crippen molar-refractivity contribution in [3.63, 3.8) is 0 Å². The molecule has 0 heterocycles. The van der Waals surface area contributed by atoms with Crippen LogP contribution in [0.15, 0.2) is 36.4 Å². The first-order chi connectivity index (χ1) is 10.8. The summed E-state index contributed by atoms with van der Waals surface area (Å²) in [5.74, 6) is -2.32. The Bertz CT molecular complexity index is 584. The number of hydrogen-bond donors (Lipinski definition) is 4. The molecule has 0 aromatic heterocycles. The summed E-state index contributed by atoms with van der Waals surface area (Å²) in [5.41, 5.74) is -1.46. The molecule has 1 saturated carbocycles. The molecule has 1 fully saturated rings. The van der Waals surface area contributed by atoms with Crippen LogP contribution in [-0.2, 0) is 14.3 Å². The number of rotatable bonds is 4. The van der Waals surface area contributed by atoms with Gasteiger partial charge in [0.15, 0.2) is 11.7 Å². The van der Waals surface area contributed by atoms with E-state index in [2.05, 4.69) is 0 Å². The molecule has 0 amide bonds. The normalized spacial score (nSPS) is 31.0. The van der Waals surface area contributed by atoms with Gasteiger partial charge in [0.1, 0.15) is 0 Å². The smallest absolute Gasteiger partial charge is 0.335 e. The molecule has 1 aromatic carbocycles. The first-order valence-corrected chi connectivity index (χ1v) is 7.07. The van der Waals surface area contributed by atoms with E-state index in [1.807, 2.05) is 6.07 Å². The van der Waals surface area contributed by atoms with E-state index in [9.17, 15) is 24.9 Å². The van der Waals surface area contributed by atoms with Crippen molar-refractivity contribution in [1.82, 2.24) is 0 Å². The number of benzene rings is 1. The first-order valence-electron chi connectivity index (χ1n) is 7.07. The van der Waals surface area contributed by atoms with Gasteiger partial charge >= 0.3 is 11.9 Å². The molecule has 1 aromatic rings. The van der Waals surface area contributed by atoms with E-state index in [1.165, 1.54) is 6.08 Å². The number of ether oxygens (including phenoxy) is 1. The van der Waals surface area contributed by atoms with Crippen LogP contribution in [0.4, 0.5) is 0 Å². The molecule has 1 aliphatic rings. The zero-order valence-corrected chi connectivity index (χ0v) is 12.2. The topological polar surface area (TPSA) is 124 Å². The van der Waals surface area contributed by atoms with Crippen molar-refractivity contribution in [2.75, 3.05) is 0 Å². The molecule has 2 unspecified atom stereocenters. The van der Waals surface area contributed by atoms with Crippen molar-refractivity contribution in [2.45, 2.75) is 36.8 Å². The zero-order chi connectivity index (χ0) is 17.0. The molecular formula is C16H18O7. The van der Waals surface area contributed by atoms with Crippen molar-refractivity contribution in [1.29, 1.82) is 0 Å². The molecule has 124 valence electrons. The van der Waals surface area contributed by atoms with Crippen LogP contribution in [-0.4, -0.2) is 56.3 Å². The van der Waals surface area contributed by atoms with Gasteiger partial charge in [0, 0.05) is 18.9 Å². The molecule has 7 nitrogen and oxygen atoms in total. The second-order valence-electron chi connectivity index (χ2n) is 5.53. The van der Waals surface area contributed by atoms with Crippen molar-refractivity contribution < 1.29 is 34.8 Å². The van der Waals surface area contributed by atoms with Crippen LogP contribution in [0.2, 0.25) is 0 Å². The summed E-state index contributed by atoms with van der Waals surface area (Å²) in [4.78, 5) is 22.7. The van der Waals surface area contributed by atoms with Gasteiger partial charge < -0.3 is 25.2 Å². The van der Waals surface area contributed by atoms with E-state index in [1.54, 1.807) is 24.3 Å². The molecule has 2 rings (SSSR count). The average Bonchev–Trinajstić information content (AvgIpc) is 2.50. The largest absolute Gasteiger partial charge is 0.479 e. The molecule has 0 spiro atoms. The lowest BCUT2D eigenvalue weighted by Gasteiger charge is -2.39. The molecule has 0 aliphatic heterocycles. The monoisotopic (exact) mass is 322 g/mol. The molecular weight excluding hydrogens is 304 g/mol. The van der Waals surface area contributed by atoms with Crippen molar-refractivity contribution in [3.8, 4) is 0 Å². The molecule has 4 N–H and O–H groups in total. The molecule has 7 heteroatoms. The van der Waals surface area contributed by atoms with E-state index >= 15 is 0 Å². The second-order valence-corrected chi connectivity index (χ2v) is 5.53. The van der Waals surface area contributed by atoms with Crippen LogP contribution < -0.4 is 0 Å². The highest BCUT2D eigenvalue weighted by Gasteiger charge is 2.50. The van der Waals surface area contributed by atoms with Gasteiger partial charge in [0.05, 0.1) is 12.2 Å². The predicted molar refractivity (Wildman–Crippen MR) is 79.2 cm³/mol. The number of carbonyl (C=O) groups is 2. The van der Waals surface area contributed by atoms with Crippen molar-refractivity contribution in [3.05, 3.63) is 42.0 Å². The summed E-state index contributed by atoms with van der Waals surface area (Å²) in [6, 6.07) is 8.98. The number of aliphatic hydroxyl groups excluding tert-OH is 2. The number of hydrogen-bond acceptors (Lipinski definition) is 6. The minimum atomic E-state index is -2.23. The quantitative estimate of drug-likeness (QED) is 0.452. The minimum absolute atomic E-state index is 0.528. The van der Waals surface area contributed by atoms with Gasteiger partial charge in [-0.1, -0.05) is 30.3 Å². The molecule has 2 atom stereocenters. The average molecular weight is 322 g/mol. The Hall–Kier alpha value is -2.22. The SMILES string of the molecule is O=C(C=Cc1ccccc1)OC1C(O)CC(O)(C(=O)O)CC1O. The fourth-order valence-electron chi connectivity index (χ4n) is 2.50. The fraction of sp³-hybridized carbons (Fsp3) is 0.375. The van der Waals surface area contributed by atoms with Crippen LogP contribution in [0.3, 0.4) is 0 Å². The number of carboxylic acids is 1. The number of carboxylic acid groups (broad SMARTS) is 1. The van der Waals surface area contributed by atoms with Crippen molar-refractivity contribution >= 4 is 18.0 Å². The third kappa shape index (κ3) is 4.16. The van der Waals surface area contributed by atoms with Crippen LogP contribution in [0.5, 0.6) is 0 Å². The lowest BCUT2D eigenvalue weighted by atomic mass is 9.79. The zero-order valence-electron chi connectivity index (χ0n) is 12.2. The summed E-state index contributed by atoms with van der Waals surface area (Å²) < 4.78 is 4.98. The predicted octanol–water partition coefficient (Wildman–Crippen LogP) is -0.0571. The Kier molecular flexibility index (Phi) is 5.15. The summed E-state index contributed by atoms with van der Waals surface area (Å²) in [5, 5.41) is 38.5. The maximum Gasteiger partial charge on any atom is 0.335 e. The van der Waals surface area contributed by atoms with Gasteiger partial charge in [0.25, 0.3) is 0 Å². The Balaban J connectivity index is 1.99. The Morgan fingerprint density at radius 3 is 2.22 bits per heavy atom. The standard InChI is InChI=1S/C16H18O7/c17-11-8-16(22,15(20)21)9-12(18)14(11)23-13(19)7-6-10-4-2-1-3-5-10/h1-7,11-12,14,17-18,22H,8-9H2,(H,20,21). The summed E-state index contributed by atoms with van der Waals surface area (Å²) in [7, 11) is 0. The van der Waals surface area contributed by atoms with Gasteiger partial charge in [-0.25, -0.2) is 9.59 Å². The minimum Gasteiger partial charge on any atom is -0.479 e. The summed E-state index contributed by atoms with van der Waals surface area (Å²) in [6.45, 7) is 0. The lowest BCUT2D eigenvalue weighted by Crippen LogP contribution is -2.57. The van der Waals surface area contributed by atoms with Crippen LogP contribution in [0, 0.1) is 0 Å². The highest BCUT2D eigenvalue weighted by Crippen LogP contribution is 2.31. The second kappa shape index (κ2) is 6.91. The van der Waals surface area contributed by atoms with Gasteiger partial charge in [-0.05, 0) is 11.6 Å². The number of carbonyl (C=O) groups excluding carboxylic acids is 1. The van der Waals surface area contributed by atoms with Crippen LogP contribution in [0.25, 0.3) is 6.08 Å². The van der Waals surface area contributed by atoms with E-state index in [-0.39, 0.29) is 0 Å². The molecule has 0 radical (unpaired) electrons. The fourth-order valence-corrected chi connectivity index (χ4v) is 2.50. The summed E-state index contributed by atoms with van der Waals surface area (Å²) in [6.07, 6.45) is -2.64. The Morgan fingerprint density at radius 2 is 1.70 bits per heavy atom. The van der Waals surface area contributed by atoms with E-state index < -0.39 is 48.7 Å². The molecule has 0 bridgehead atoms. The van der Waals surface area contributed by atoms with Gasteiger partial charge in [-0.2, -0.15) is 0 Å². The van der Waals surface area contributed by atoms with Gasteiger partial charge in [-0.3, -0.25) is 0 Å². The molecule has 0 saturated heterocycles. The molecule has 1 aliphatic carbocycles. The third-order valence-corrected chi connectivity index (χ3v) is 3.71. The van der Waals surface area contributed by atoms with Gasteiger partial charge in [0.2, 0.25) is 0 Å². The molecule has 23 heavy (non-hydrogen) atoms. The van der Waals surface area contributed by atoms with Crippen LogP contribution >= 0.6 is 0 Å². The van der Waals surface area contributed by atoms with Crippen LogP contribution in [0.1, 0.15) is 18.4 Å². The lowest BCUT2D eigenvalue weighted by molar-refractivity contribution is -0.196. The first kappa shape index (κ1) is 17.1. The Labute approximate surface area is 132 Å². The maximum absolute atomic E-state index is 11.8.